The van der Waals surface area contributed by atoms with Crippen LogP contribution in [0.2, 0.25) is 0 Å². The second-order valence-corrected chi connectivity index (χ2v) is 9.81. The third-order valence-corrected chi connectivity index (χ3v) is 6.47. The van der Waals surface area contributed by atoms with Crippen molar-refractivity contribution >= 4 is 39.2 Å². The molecule has 0 aliphatic rings. The van der Waals surface area contributed by atoms with Crippen molar-refractivity contribution < 1.29 is 13.9 Å². The highest BCUT2D eigenvalue weighted by Crippen LogP contribution is 2.33. The molecule has 5 rings (SSSR count). The van der Waals surface area contributed by atoms with Crippen LogP contribution in [0.15, 0.2) is 64.5 Å². The van der Waals surface area contributed by atoms with Gasteiger partial charge in [0.25, 0.3) is 0 Å². The van der Waals surface area contributed by atoms with Gasteiger partial charge in [-0.1, -0.05) is 45.0 Å². The van der Waals surface area contributed by atoms with E-state index in [1.807, 2.05) is 36.5 Å². The Hall–Kier alpha value is -3.38. The Balaban J connectivity index is 1.49. The molecule has 6 heteroatoms. The van der Waals surface area contributed by atoms with Gasteiger partial charge in [0.1, 0.15) is 5.58 Å². The van der Waals surface area contributed by atoms with E-state index in [4.69, 9.17) is 14.1 Å². The zero-order valence-electron chi connectivity index (χ0n) is 18.5. The number of hydrogen-bond donors (Lipinski definition) is 0. The molecule has 0 radical (unpaired) electrons. The fourth-order valence-electron chi connectivity index (χ4n) is 3.87. The largest absolute Gasteiger partial charge is 0.465 e. The van der Waals surface area contributed by atoms with Crippen LogP contribution in [-0.4, -0.2) is 22.6 Å². The fourth-order valence-corrected chi connectivity index (χ4v) is 4.87. The van der Waals surface area contributed by atoms with Crippen molar-refractivity contribution in [1.29, 1.82) is 0 Å². The SMILES string of the molecule is COC(=O)c1cn(Cc2ccc3oc(-c4nc(C(C)(C)C)cs4)cc3c2)c2ccccc12. The summed E-state index contributed by atoms with van der Waals surface area (Å²) < 4.78 is 13.1. The first kappa shape index (κ1) is 20.5. The molecule has 2 aromatic carbocycles. The number of carbonyl (C=O) groups is 1. The molecule has 0 spiro atoms. The molecule has 0 N–H and O–H groups in total. The molecular formula is C26H24N2O3S. The lowest BCUT2D eigenvalue weighted by molar-refractivity contribution is 0.0602. The summed E-state index contributed by atoms with van der Waals surface area (Å²) in [6, 6.07) is 16.1. The average Bonchev–Trinajstić information content (AvgIpc) is 3.49. The van der Waals surface area contributed by atoms with E-state index in [9.17, 15) is 4.79 Å². The lowest BCUT2D eigenvalue weighted by Gasteiger charge is -2.13. The van der Waals surface area contributed by atoms with E-state index in [-0.39, 0.29) is 11.4 Å². The van der Waals surface area contributed by atoms with Crippen molar-refractivity contribution in [2.24, 2.45) is 0 Å². The van der Waals surface area contributed by atoms with Crippen LogP contribution in [0.25, 0.3) is 32.6 Å². The van der Waals surface area contributed by atoms with Crippen molar-refractivity contribution in [3.63, 3.8) is 0 Å². The van der Waals surface area contributed by atoms with Gasteiger partial charge in [-0.2, -0.15) is 0 Å². The number of furan rings is 1. The number of esters is 1. The zero-order chi connectivity index (χ0) is 22.5. The van der Waals surface area contributed by atoms with Crippen molar-refractivity contribution in [1.82, 2.24) is 9.55 Å². The Morgan fingerprint density at radius 1 is 1.16 bits per heavy atom. The molecule has 0 amide bonds. The minimum atomic E-state index is -0.326. The molecule has 32 heavy (non-hydrogen) atoms. The van der Waals surface area contributed by atoms with Crippen molar-refractivity contribution in [3.05, 3.63) is 76.9 Å². The summed E-state index contributed by atoms with van der Waals surface area (Å²) in [5, 5.41) is 4.93. The van der Waals surface area contributed by atoms with Crippen molar-refractivity contribution in [3.8, 4) is 10.8 Å². The molecule has 0 saturated carbocycles. The summed E-state index contributed by atoms with van der Waals surface area (Å²) in [4.78, 5) is 17.0. The number of methoxy groups -OCH3 is 1. The smallest absolute Gasteiger partial charge is 0.340 e. The number of para-hydroxylation sites is 1. The molecular weight excluding hydrogens is 420 g/mol. The first-order valence-electron chi connectivity index (χ1n) is 10.5. The Bertz CT molecular complexity index is 1450. The fraction of sp³-hybridized carbons (Fsp3) is 0.231. The first-order chi connectivity index (χ1) is 15.3. The lowest BCUT2D eigenvalue weighted by Crippen LogP contribution is -2.11. The van der Waals surface area contributed by atoms with Crippen LogP contribution in [0, 0.1) is 0 Å². The van der Waals surface area contributed by atoms with Crippen molar-refractivity contribution in [2.75, 3.05) is 7.11 Å². The maximum absolute atomic E-state index is 12.2. The Kier molecular flexibility index (Phi) is 4.90. The second-order valence-electron chi connectivity index (χ2n) is 8.95. The third kappa shape index (κ3) is 3.60. The van der Waals surface area contributed by atoms with Crippen LogP contribution in [-0.2, 0) is 16.7 Å². The summed E-state index contributed by atoms with van der Waals surface area (Å²) in [5.41, 5.74) is 4.61. The number of nitrogens with zero attached hydrogens (tertiary/aromatic N) is 2. The van der Waals surface area contributed by atoms with E-state index >= 15 is 0 Å². The highest BCUT2D eigenvalue weighted by atomic mass is 32.1. The van der Waals surface area contributed by atoms with Gasteiger partial charge in [0.2, 0.25) is 0 Å². The van der Waals surface area contributed by atoms with E-state index in [0.717, 1.165) is 43.9 Å². The second kappa shape index (κ2) is 7.64. The highest BCUT2D eigenvalue weighted by Gasteiger charge is 2.20. The van der Waals surface area contributed by atoms with Gasteiger partial charge in [-0.3, -0.25) is 0 Å². The predicted octanol–water partition coefficient (Wildman–Crippen LogP) is 6.64. The van der Waals surface area contributed by atoms with Gasteiger partial charge >= 0.3 is 5.97 Å². The van der Waals surface area contributed by atoms with E-state index in [1.165, 1.54) is 7.11 Å². The van der Waals surface area contributed by atoms with Gasteiger partial charge in [0, 0.05) is 39.8 Å². The zero-order valence-corrected chi connectivity index (χ0v) is 19.3. The van der Waals surface area contributed by atoms with Gasteiger partial charge in [0.15, 0.2) is 10.8 Å². The van der Waals surface area contributed by atoms with Gasteiger partial charge in [-0.05, 0) is 29.8 Å². The van der Waals surface area contributed by atoms with Gasteiger partial charge < -0.3 is 13.7 Å². The maximum Gasteiger partial charge on any atom is 0.340 e. The standard InChI is InChI=1S/C26H24N2O3S/c1-26(2,3)23-15-32-24(27-23)22-12-17-11-16(9-10-21(17)31-22)13-28-14-19(25(29)30-4)18-7-5-6-8-20(18)28/h5-12,14-15H,13H2,1-4H3. The molecule has 5 aromatic rings. The molecule has 3 heterocycles. The summed E-state index contributed by atoms with van der Waals surface area (Å²) in [6.07, 6.45) is 1.87. The summed E-state index contributed by atoms with van der Waals surface area (Å²) in [5.74, 6) is 0.463. The van der Waals surface area contributed by atoms with Crippen LogP contribution in [0.5, 0.6) is 0 Å². The predicted molar refractivity (Wildman–Crippen MR) is 128 cm³/mol. The molecule has 0 unspecified atom stereocenters. The van der Waals surface area contributed by atoms with Gasteiger partial charge in [-0.15, -0.1) is 11.3 Å². The number of hydrogen-bond acceptors (Lipinski definition) is 5. The number of ether oxygens (including phenoxy) is 1. The van der Waals surface area contributed by atoms with Crippen LogP contribution in [0.1, 0.15) is 42.4 Å². The molecule has 0 bridgehead atoms. The number of carbonyl (C=O) groups excluding carboxylic acids is 1. The van der Waals surface area contributed by atoms with E-state index < -0.39 is 0 Å². The number of fused-ring (bicyclic) bond motifs is 2. The average molecular weight is 445 g/mol. The van der Waals surface area contributed by atoms with Gasteiger partial charge in [0.05, 0.1) is 18.4 Å². The van der Waals surface area contributed by atoms with Crippen LogP contribution >= 0.6 is 11.3 Å². The van der Waals surface area contributed by atoms with Gasteiger partial charge in [-0.25, -0.2) is 9.78 Å². The van der Waals surface area contributed by atoms with Crippen LogP contribution in [0.3, 0.4) is 0 Å². The summed E-state index contributed by atoms with van der Waals surface area (Å²) in [7, 11) is 1.41. The Morgan fingerprint density at radius 2 is 1.97 bits per heavy atom. The number of aromatic nitrogens is 2. The molecule has 162 valence electrons. The molecule has 5 nitrogen and oxygen atoms in total. The number of benzene rings is 2. The molecule has 0 fully saturated rings. The minimum Gasteiger partial charge on any atom is -0.465 e. The van der Waals surface area contributed by atoms with Crippen molar-refractivity contribution in [2.45, 2.75) is 32.7 Å². The molecule has 0 atom stereocenters. The molecule has 0 aliphatic heterocycles. The number of thiazole rings is 1. The Morgan fingerprint density at radius 3 is 2.72 bits per heavy atom. The molecule has 0 saturated heterocycles. The van der Waals surface area contributed by atoms with Crippen LogP contribution in [0.4, 0.5) is 0 Å². The third-order valence-electron chi connectivity index (χ3n) is 5.61. The summed E-state index contributed by atoms with van der Waals surface area (Å²) >= 11 is 1.61. The minimum absolute atomic E-state index is 0.0104. The monoisotopic (exact) mass is 444 g/mol. The van der Waals surface area contributed by atoms with E-state index in [2.05, 4.69) is 48.9 Å². The van der Waals surface area contributed by atoms with Crippen LogP contribution < -0.4 is 0 Å². The van der Waals surface area contributed by atoms with E-state index in [0.29, 0.717) is 12.1 Å². The van der Waals surface area contributed by atoms with E-state index in [1.54, 1.807) is 11.3 Å². The topological polar surface area (TPSA) is 57.3 Å². The summed E-state index contributed by atoms with van der Waals surface area (Å²) in [6.45, 7) is 7.12. The number of rotatable bonds is 4. The quantitative estimate of drug-likeness (QED) is 0.291. The highest BCUT2D eigenvalue weighted by molar-refractivity contribution is 7.13. The lowest BCUT2D eigenvalue weighted by atomic mass is 9.93. The molecule has 3 aromatic heterocycles. The normalized spacial score (nSPS) is 12.0. The first-order valence-corrected chi connectivity index (χ1v) is 11.4. The Labute approximate surface area is 190 Å². The molecule has 0 aliphatic carbocycles. The maximum atomic E-state index is 12.2.